The number of nitro groups is 1. The van der Waals surface area contributed by atoms with Gasteiger partial charge in [0.2, 0.25) is 5.91 Å². The summed E-state index contributed by atoms with van der Waals surface area (Å²) < 4.78 is 5.50. The monoisotopic (exact) mass is 453 g/mol. The number of rotatable bonds is 6. The number of para-hydroxylation sites is 1. The van der Waals surface area contributed by atoms with Gasteiger partial charge in [0.05, 0.1) is 24.0 Å². The zero-order valence-electron chi connectivity index (χ0n) is 17.6. The summed E-state index contributed by atoms with van der Waals surface area (Å²) in [5.41, 5.74) is 2.41. The van der Waals surface area contributed by atoms with Crippen molar-refractivity contribution in [3.05, 3.63) is 63.7 Å². The maximum atomic E-state index is 11.7. The second-order valence-corrected chi connectivity index (χ2v) is 8.46. The fraction of sp³-hybridized carbons (Fsp3) is 0.318. The van der Waals surface area contributed by atoms with Crippen LogP contribution in [-0.2, 0) is 4.79 Å². The van der Waals surface area contributed by atoms with Gasteiger partial charge in [0, 0.05) is 24.7 Å². The van der Waals surface area contributed by atoms with Crippen LogP contribution in [0.3, 0.4) is 0 Å². The van der Waals surface area contributed by atoms with E-state index in [1.54, 1.807) is 19.2 Å². The molecular weight excluding hydrogens is 430 g/mol. The smallest absolute Gasteiger partial charge is 0.293 e. The number of amidine groups is 1. The predicted octanol–water partition coefficient (Wildman–Crippen LogP) is 3.54. The summed E-state index contributed by atoms with van der Waals surface area (Å²) in [6.07, 6.45) is 3.23. The van der Waals surface area contributed by atoms with Gasteiger partial charge in [-0.05, 0) is 36.5 Å². The van der Waals surface area contributed by atoms with E-state index >= 15 is 0 Å². The van der Waals surface area contributed by atoms with Crippen molar-refractivity contribution >= 4 is 40.4 Å². The molecule has 2 aliphatic rings. The molecule has 2 fully saturated rings. The van der Waals surface area contributed by atoms with Crippen LogP contribution < -0.4 is 15.0 Å². The quantitative estimate of drug-likeness (QED) is 0.407. The Morgan fingerprint density at radius 1 is 1.25 bits per heavy atom. The van der Waals surface area contributed by atoms with Gasteiger partial charge in [0.25, 0.3) is 5.69 Å². The zero-order valence-corrected chi connectivity index (χ0v) is 18.4. The number of piperidine rings is 1. The van der Waals surface area contributed by atoms with Crippen molar-refractivity contribution in [1.82, 2.24) is 5.32 Å². The Morgan fingerprint density at radius 3 is 2.72 bits per heavy atom. The number of nitrogens with zero attached hydrogens (tertiary/aromatic N) is 4. The van der Waals surface area contributed by atoms with Crippen molar-refractivity contribution in [2.45, 2.75) is 18.8 Å². The standard InChI is InChI=1S/C22H23N5O4S/c1-31-20-5-3-2-4-17(20)16-8-10-26(11-9-16)18-7-6-15(12-19(18)27(29)30)13-23-25-22-24-21(28)14-32-22/h2-7,12-13,16H,8-11,14H2,1H3,(H,24,25,28). The molecule has 0 aliphatic carbocycles. The Bertz CT molecular complexity index is 1080. The Kier molecular flexibility index (Phi) is 6.69. The lowest BCUT2D eigenvalue weighted by atomic mass is 9.88. The minimum atomic E-state index is -0.363. The molecule has 1 N–H and O–H groups in total. The van der Waals surface area contributed by atoms with Gasteiger partial charge in [0.1, 0.15) is 11.4 Å². The van der Waals surface area contributed by atoms with Gasteiger partial charge in [-0.25, -0.2) is 0 Å². The van der Waals surface area contributed by atoms with E-state index in [0.717, 1.165) is 31.7 Å². The summed E-state index contributed by atoms with van der Waals surface area (Å²) >= 11 is 1.27. The molecule has 4 rings (SSSR count). The van der Waals surface area contributed by atoms with Crippen molar-refractivity contribution in [3.8, 4) is 5.75 Å². The summed E-state index contributed by atoms with van der Waals surface area (Å²) in [5.74, 6) is 1.46. The summed E-state index contributed by atoms with van der Waals surface area (Å²) in [7, 11) is 1.68. The van der Waals surface area contributed by atoms with Gasteiger partial charge in [-0.15, -0.1) is 5.10 Å². The molecule has 2 aliphatic heterocycles. The van der Waals surface area contributed by atoms with Crippen LogP contribution in [-0.4, -0.2) is 48.2 Å². The molecule has 2 heterocycles. The molecule has 2 aromatic carbocycles. The van der Waals surface area contributed by atoms with Crippen molar-refractivity contribution in [3.63, 3.8) is 0 Å². The first-order chi connectivity index (χ1) is 15.5. The van der Waals surface area contributed by atoms with E-state index in [1.807, 2.05) is 18.2 Å². The third-order valence-corrected chi connectivity index (χ3v) is 6.42. The molecule has 0 atom stereocenters. The number of nitrogens with one attached hydrogen (secondary N) is 1. The average molecular weight is 454 g/mol. The fourth-order valence-corrected chi connectivity index (χ4v) is 4.63. The van der Waals surface area contributed by atoms with E-state index in [9.17, 15) is 14.9 Å². The maximum absolute atomic E-state index is 11.7. The Hall–Kier alpha value is -3.40. The second-order valence-electron chi connectivity index (χ2n) is 7.50. The summed E-state index contributed by atoms with van der Waals surface area (Å²) in [5, 5.41) is 22.6. The lowest BCUT2D eigenvalue weighted by Crippen LogP contribution is -2.33. The minimum absolute atomic E-state index is 0.0425. The van der Waals surface area contributed by atoms with Crippen LogP contribution in [0.15, 0.2) is 52.7 Å². The molecule has 2 aromatic rings. The van der Waals surface area contributed by atoms with Gasteiger partial charge >= 0.3 is 0 Å². The molecule has 0 unspecified atom stereocenters. The molecule has 10 heteroatoms. The van der Waals surface area contributed by atoms with Gasteiger partial charge in [-0.1, -0.05) is 36.0 Å². The van der Waals surface area contributed by atoms with E-state index in [-0.39, 0.29) is 16.5 Å². The van der Waals surface area contributed by atoms with Crippen LogP contribution in [0.4, 0.5) is 11.4 Å². The number of carbonyl (C=O) groups is 1. The summed E-state index contributed by atoms with van der Waals surface area (Å²) in [4.78, 5) is 24.6. The summed E-state index contributed by atoms with van der Waals surface area (Å²) in [6, 6.07) is 13.1. The number of benzene rings is 2. The van der Waals surface area contributed by atoms with Crippen LogP contribution in [0.5, 0.6) is 5.75 Å². The van der Waals surface area contributed by atoms with Crippen LogP contribution in [0, 0.1) is 10.1 Å². The van der Waals surface area contributed by atoms with Crippen molar-refractivity contribution in [2.24, 2.45) is 10.2 Å². The van der Waals surface area contributed by atoms with E-state index in [0.29, 0.717) is 28.1 Å². The molecule has 0 bridgehead atoms. The van der Waals surface area contributed by atoms with Crippen molar-refractivity contribution in [1.29, 1.82) is 0 Å². The number of anilines is 1. The molecule has 0 aromatic heterocycles. The van der Waals surface area contributed by atoms with Crippen LogP contribution >= 0.6 is 11.8 Å². The fourth-order valence-electron chi connectivity index (χ4n) is 4.00. The van der Waals surface area contributed by atoms with Crippen molar-refractivity contribution in [2.75, 3.05) is 30.9 Å². The van der Waals surface area contributed by atoms with Crippen molar-refractivity contribution < 1.29 is 14.5 Å². The maximum Gasteiger partial charge on any atom is 0.293 e. The molecule has 32 heavy (non-hydrogen) atoms. The van der Waals surface area contributed by atoms with E-state index in [1.165, 1.54) is 29.6 Å². The van der Waals surface area contributed by atoms with Gasteiger partial charge < -0.3 is 15.0 Å². The van der Waals surface area contributed by atoms with Crippen LogP contribution in [0.25, 0.3) is 0 Å². The highest BCUT2D eigenvalue weighted by Gasteiger charge is 2.27. The van der Waals surface area contributed by atoms with E-state index in [4.69, 9.17) is 4.74 Å². The molecule has 9 nitrogen and oxygen atoms in total. The number of hydrogen-bond donors (Lipinski definition) is 1. The molecule has 0 saturated carbocycles. The Balaban J connectivity index is 1.47. The van der Waals surface area contributed by atoms with Crippen LogP contribution in [0.1, 0.15) is 29.9 Å². The molecule has 1 amide bonds. The number of methoxy groups -OCH3 is 1. The third-order valence-electron chi connectivity index (χ3n) is 5.55. The third kappa shape index (κ3) is 4.91. The molecular formula is C22H23N5O4S. The van der Waals surface area contributed by atoms with Gasteiger partial charge in [0.15, 0.2) is 5.17 Å². The van der Waals surface area contributed by atoms with Gasteiger partial charge in [-0.3, -0.25) is 14.9 Å². The topological polar surface area (TPSA) is 109 Å². The first-order valence-corrected chi connectivity index (χ1v) is 11.2. The molecule has 2 saturated heterocycles. The van der Waals surface area contributed by atoms with Crippen LogP contribution in [0.2, 0.25) is 0 Å². The highest BCUT2D eigenvalue weighted by molar-refractivity contribution is 8.15. The number of ether oxygens (including phenoxy) is 1. The lowest BCUT2D eigenvalue weighted by Gasteiger charge is -2.34. The van der Waals surface area contributed by atoms with E-state index < -0.39 is 0 Å². The molecule has 0 spiro atoms. The summed E-state index contributed by atoms with van der Waals surface area (Å²) in [6.45, 7) is 1.45. The van der Waals surface area contributed by atoms with E-state index in [2.05, 4.69) is 26.5 Å². The SMILES string of the molecule is COc1ccccc1C1CCN(c2ccc(C=NN=C3NC(=O)CS3)cc2[N+](=O)[O-])CC1. The number of hydrogen-bond acceptors (Lipinski definition) is 8. The first kappa shape index (κ1) is 21.8. The minimum Gasteiger partial charge on any atom is -0.496 e. The lowest BCUT2D eigenvalue weighted by molar-refractivity contribution is -0.384. The number of amides is 1. The normalized spacial score (nSPS) is 18.3. The Morgan fingerprint density at radius 2 is 2.03 bits per heavy atom. The highest BCUT2D eigenvalue weighted by atomic mass is 32.2. The number of nitro benzene ring substituents is 1. The first-order valence-electron chi connectivity index (χ1n) is 10.2. The highest BCUT2D eigenvalue weighted by Crippen LogP contribution is 2.37. The average Bonchev–Trinajstić information content (AvgIpc) is 3.24. The van der Waals surface area contributed by atoms with Gasteiger partial charge in [-0.2, -0.15) is 5.10 Å². The predicted molar refractivity (Wildman–Crippen MR) is 126 cm³/mol. The Labute approximate surface area is 189 Å². The second kappa shape index (κ2) is 9.82. The molecule has 0 radical (unpaired) electrons. The number of thioether (sulfide) groups is 1. The zero-order chi connectivity index (χ0) is 22.5. The number of carbonyl (C=O) groups excluding carboxylic acids is 1. The largest absolute Gasteiger partial charge is 0.496 e. The molecule has 166 valence electrons.